The summed E-state index contributed by atoms with van der Waals surface area (Å²) >= 11 is 0. The number of benzene rings is 1. The number of nitrogens with two attached hydrogens (primary N) is 1. The van der Waals surface area contributed by atoms with Crippen molar-refractivity contribution in [2.75, 3.05) is 12.0 Å². The minimum Gasteiger partial charge on any atom is -0.338 e. The van der Waals surface area contributed by atoms with Gasteiger partial charge in [0.15, 0.2) is 0 Å². The number of likely N-dealkylation sites (tertiary alicyclic amines) is 1. The van der Waals surface area contributed by atoms with Crippen LogP contribution in [0.5, 0.6) is 0 Å². The van der Waals surface area contributed by atoms with E-state index in [-0.39, 0.29) is 17.3 Å². The summed E-state index contributed by atoms with van der Waals surface area (Å²) in [5.41, 5.74) is 3.31. The third kappa shape index (κ3) is 2.40. The summed E-state index contributed by atoms with van der Waals surface area (Å²) in [6, 6.07) is 4.64. The first-order chi connectivity index (χ1) is 8.61. The van der Waals surface area contributed by atoms with Crippen LogP contribution in [0.4, 0.5) is 11.4 Å². The number of amides is 1. The number of nitro groups is 1. The van der Waals surface area contributed by atoms with Gasteiger partial charge in [0.1, 0.15) is 5.69 Å². The third-order valence-corrected chi connectivity index (χ3v) is 2.96. The van der Waals surface area contributed by atoms with E-state index in [4.69, 9.17) is 5.84 Å². The molecule has 1 aliphatic heterocycles. The van der Waals surface area contributed by atoms with Crippen molar-refractivity contribution < 1.29 is 9.72 Å². The molecule has 0 saturated carbocycles. The molecule has 1 saturated heterocycles. The van der Waals surface area contributed by atoms with Gasteiger partial charge in [0.2, 0.25) is 5.91 Å². The van der Waals surface area contributed by atoms with Crippen molar-refractivity contribution in [3.8, 4) is 0 Å². The lowest BCUT2D eigenvalue weighted by Crippen LogP contribution is -2.24. The van der Waals surface area contributed by atoms with Crippen LogP contribution in [-0.4, -0.2) is 22.3 Å². The van der Waals surface area contributed by atoms with E-state index in [1.807, 2.05) is 0 Å². The maximum atomic E-state index is 11.5. The molecule has 18 heavy (non-hydrogen) atoms. The van der Waals surface area contributed by atoms with Gasteiger partial charge in [-0.25, -0.2) is 0 Å². The van der Waals surface area contributed by atoms with Crippen molar-refractivity contribution in [1.82, 2.24) is 4.90 Å². The fourth-order valence-corrected chi connectivity index (χ4v) is 2.05. The first kappa shape index (κ1) is 12.3. The highest BCUT2D eigenvalue weighted by Crippen LogP contribution is 2.25. The third-order valence-electron chi connectivity index (χ3n) is 2.96. The van der Waals surface area contributed by atoms with Crippen LogP contribution in [0, 0.1) is 10.1 Å². The molecule has 1 aromatic carbocycles. The number of rotatable bonds is 4. The number of carbonyl (C=O) groups excluding carboxylic acids is 1. The molecular formula is C11H14N4O3. The molecular weight excluding hydrogens is 236 g/mol. The smallest absolute Gasteiger partial charge is 0.293 e. The molecule has 0 radical (unpaired) electrons. The summed E-state index contributed by atoms with van der Waals surface area (Å²) in [5.74, 6) is 5.38. The zero-order valence-electron chi connectivity index (χ0n) is 9.76. The lowest BCUT2D eigenvalue weighted by Gasteiger charge is -2.15. The molecule has 0 bridgehead atoms. The molecule has 0 aromatic heterocycles. The molecule has 0 aliphatic carbocycles. The number of nitrogens with zero attached hydrogens (tertiary/aromatic N) is 2. The molecule has 1 aromatic rings. The molecule has 1 heterocycles. The van der Waals surface area contributed by atoms with Crippen LogP contribution >= 0.6 is 0 Å². The number of hydrogen-bond acceptors (Lipinski definition) is 5. The van der Waals surface area contributed by atoms with Crippen LogP contribution in [0.3, 0.4) is 0 Å². The fraction of sp³-hybridized carbons (Fsp3) is 0.364. The Kier molecular flexibility index (Phi) is 3.42. The molecule has 1 fully saturated rings. The minimum absolute atomic E-state index is 0.0750. The van der Waals surface area contributed by atoms with Crippen LogP contribution in [0.15, 0.2) is 18.2 Å². The summed E-state index contributed by atoms with van der Waals surface area (Å²) in [7, 11) is 0. The second kappa shape index (κ2) is 5.01. The van der Waals surface area contributed by atoms with E-state index in [0.717, 1.165) is 18.5 Å². The quantitative estimate of drug-likeness (QED) is 0.471. The molecule has 96 valence electrons. The molecule has 2 rings (SSSR count). The number of hydrogen-bond donors (Lipinski definition) is 2. The number of hydrazine groups is 1. The van der Waals surface area contributed by atoms with Crippen molar-refractivity contribution in [3.63, 3.8) is 0 Å². The average molecular weight is 250 g/mol. The summed E-state index contributed by atoms with van der Waals surface area (Å²) in [6.45, 7) is 1.20. The maximum absolute atomic E-state index is 11.5. The Balaban J connectivity index is 2.19. The first-order valence-corrected chi connectivity index (χ1v) is 5.63. The Morgan fingerprint density at radius 3 is 2.83 bits per heavy atom. The van der Waals surface area contributed by atoms with Gasteiger partial charge in [-0.2, -0.15) is 0 Å². The highest BCUT2D eigenvalue weighted by atomic mass is 16.6. The van der Waals surface area contributed by atoms with Crippen molar-refractivity contribution in [3.05, 3.63) is 33.9 Å². The second-order valence-electron chi connectivity index (χ2n) is 4.17. The number of carbonyl (C=O) groups is 1. The van der Waals surface area contributed by atoms with Crippen LogP contribution < -0.4 is 11.3 Å². The normalized spacial score (nSPS) is 14.9. The number of anilines is 1. The molecule has 7 heteroatoms. The van der Waals surface area contributed by atoms with Crippen LogP contribution in [0.25, 0.3) is 0 Å². The van der Waals surface area contributed by atoms with Gasteiger partial charge in [0, 0.05) is 25.6 Å². The van der Waals surface area contributed by atoms with E-state index in [0.29, 0.717) is 13.0 Å². The molecule has 7 nitrogen and oxygen atoms in total. The maximum Gasteiger partial charge on any atom is 0.293 e. The number of nitrogen functional groups attached to an aromatic ring is 1. The van der Waals surface area contributed by atoms with Gasteiger partial charge in [0.05, 0.1) is 4.92 Å². The van der Waals surface area contributed by atoms with Gasteiger partial charge < -0.3 is 10.3 Å². The molecule has 3 N–H and O–H groups in total. The highest BCUT2D eigenvalue weighted by molar-refractivity contribution is 5.78. The highest BCUT2D eigenvalue weighted by Gasteiger charge is 2.21. The van der Waals surface area contributed by atoms with Gasteiger partial charge >= 0.3 is 0 Å². The van der Waals surface area contributed by atoms with E-state index >= 15 is 0 Å². The summed E-state index contributed by atoms with van der Waals surface area (Å²) in [5, 5.41) is 10.7. The van der Waals surface area contributed by atoms with Crippen molar-refractivity contribution in [2.45, 2.75) is 19.4 Å². The van der Waals surface area contributed by atoms with Gasteiger partial charge in [-0.3, -0.25) is 20.8 Å². The first-order valence-electron chi connectivity index (χ1n) is 5.63. The second-order valence-corrected chi connectivity index (χ2v) is 4.17. The molecule has 0 atom stereocenters. The lowest BCUT2D eigenvalue weighted by atomic mass is 10.1. The van der Waals surface area contributed by atoms with Crippen molar-refractivity contribution >= 4 is 17.3 Å². The van der Waals surface area contributed by atoms with Gasteiger partial charge in [-0.15, -0.1) is 0 Å². The van der Waals surface area contributed by atoms with E-state index < -0.39 is 4.92 Å². The van der Waals surface area contributed by atoms with Gasteiger partial charge in [0.25, 0.3) is 5.69 Å². The standard InChI is InChI=1S/C11H14N4O3/c12-13-9-6-8(3-4-10(9)15(17)18)7-14-5-1-2-11(14)16/h3-4,6,13H,1-2,5,7,12H2. The number of nitrogens with one attached hydrogen (secondary N) is 1. The Morgan fingerprint density at radius 2 is 2.28 bits per heavy atom. The monoisotopic (exact) mass is 250 g/mol. The average Bonchev–Trinajstić information content (AvgIpc) is 2.74. The SMILES string of the molecule is NNc1cc(CN2CCCC2=O)ccc1[N+](=O)[O-]. The van der Waals surface area contributed by atoms with Crippen LogP contribution in [-0.2, 0) is 11.3 Å². The molecule has 1 amide bonds. The Hall–Kier alpha value is -2.15. The van der Waals surface area contributed by atoms with E-state index in [1.54, 1.807) is 17.0 Å². The van der Waals surface area contributed by atoms with Crippen LogP contribution in [0.1, 0.15) is 18.4 Å². The predicted octanol–water partition coefficient (Wildman–Crippen LogP) is 1.00. The summed E-state index contributed by atoms with van der Waals surface area (Å²) in [4.78, 5) is 23.5. The zero-order valence-corrected chi connectivity index (χ0v) is 9.76. The molecule has 0 spiro atoms. The minimum atomic E-state index is -0.500. The van der Waals surface area contributed by atoms with E-state index in [1.165, 1.54) is 6.07 Å². The fourth-order valence-electron chi connectivity index (χ4n) is 2.05. The zero-order chi connectivity index (χ0) is 13.1. The largest absolute Gasteiger partial charge is 0.338 e. The Morgan fingerprint density at radius 1 is 1.50 bits per heavy atom. The Labute approximate surface area is 104 Å². The van der Waals surface area contributed by atoms with Crippen LogP contribution in [0.2, 0.25) is 0 Å². The van der Waals surface area contributed by atoms with E-state index in [9.17, 15) is 14.9 Å². The van der Waals surface area contributed by atoms with Crippen molar-refractivity contribution in [2.24, 2.45) is 5.84 Å². The van der Waals surface area contributed by atoms with Crippen molar-refractivity contribution in [1.29, 1.82) is 0 Å². The topological polar surface area (TPSA) is 102 Å². The molecule has 1 aliphatic rings. The summed E-state index contributed by atoms with van der Waals surface area (Å²) in [6.07, 6.45) is 1.45. The number of nitro benzene ring substituents is 1. The summed E-state index contributed by atoms with van der Waals surface area (Å²) < 4.78 is 0. The van der Waals surface area contributed by atoms with E-state index in [2.05, 4.69) is 5.43 Å². The van der Waals surface area contributed by atoms with Gasteiger partial charge in [-0.05, 0) is 18.1 Å². The Bertz CT molecular complexity index is 489. The lowest BCUT2D eigenvalue weighted by molar-refractivity contribution is -0.384. The molecule has 0 unspecified atom stereocenters. The predicted molar refractivity (Wildman–Crippen MR) is 65.6 cm³/mol. The van der Waals surface area contributed by atoms with Gasteiger partial charge in [-0.1, -0.05) is 6.07 Å².